The normalized spacial score (nSPS) is 22.0. The summed E-state index contributed by atoms with van der Waals surface area (Å²) in [5.74, 6) is 1.61. The van der Waals surface area contributed by atoms with Crippen LogP contribution in [0.1, 0.15) is 39.1 Å². The smallest absolute Gasteiger partial charge is 0.231 e. The van der Waals surface area contributed by atoms with Crippen molar-refractivity contribution in [1.82, 2.24) is 4.90 Å². The van der Waals surface area contributed by atoms with Gasteiger partial charge in [0.15, 0.2) is 17.7 Å². The molecule has 0 saturated carbocycles. The second kappa shape index (κ2) is 8.65. The van der Waals surface area contributed by atoms with Gasteiger partial charge < -0.3 is 19.4 Å². The first-order valence-corrected chi connectivity index (χ1v) is 13.3. The van der Waals surface area contributed by atoms with Gasteiger partial charge in [0.1, 0.15) is 5.75 Å². The maximum atomic E-state index is 10.5. The number of oxime groups is 1. The van der Waals surface area contributed by atoms with E-state index < -0.39 is 0 Å². The topological polar surface area (TPSA) is 63.5 Å². The Morgan fingerprint density at radius 3 is 2.61 bits per heavy atom. The van der Waals surface area contributed by atoms with Crippen molar-refractivity contribution in [2.45, 2.75) is 24.7 Å². The third-order valence-electron chi connectivity index (χ3n) is 6.97. The molecule has 0 unspecified atom stereocenters. The number of hydrogen-bond donors (Lipinski definition) is 1. The van der Waals surface area contributed by atoms with Gasteiger partial charge in [-0.3, -0.25) is 0 Å². The van der Waals surface area contributed by atoms with Gasteiger partial charge >= 0.3 is 0 Å². The lowest BCUT2D eigenvalue weighted by Crippen LogP contribution is -2.46. The highest BCUT2D eigenvalue weighted by Crippen LogP contribution is 2.50. The fraction of sp³-hybridized carbons (Fsp3) is 0.179. The molecule has 180 valence electrons. The molecule has 0 radical (unpaired) electrons. The second-order valence-corrected chi connectivity index (χ2v) is 10.9. The van der Waals surface area contributed by atoms with Gasteiger partial charge in [0.2, 0.25) is 6.79 Å². The van der Waals surface area contributed by atoms with Crippen molar-refractivity contribution in [3.63, 3.8) is 0 Å². The van der Waals surface area contributed by atoms with Crippen LogP contribution >= 0.6 is 27.3 Å². The van der Waals surface area contributed by atoms with Crippen molar-refractivity contribution >= 4 is 33.0 Å². The van der Waals surface area contributed by atoms with Gasteiger partial charge in [0, 0.05) is 21.5 Å². The first-order chi connectivity index (χ1) is 17.7. The van der Waals surface area contributed by atoms with Crippen molar-refractivity contribution < 1.29 is 19.4 Å². The van der Waals surface area contributed by atoms with Crippen molar-refractivity contribution in [3.8, 4) is 17.2 Å². The lowest BCUT2D eigenvalue weighted by atomic mass is 9.79. The maximum Gasteiger partial charge on any atom is 0.231 e. The van der Waals surface area contributed by atoms with E-state index in [0.29, 0.717) is 6.54 Å². The molecule has 3 aromatic carbocycles. The van der Waals surface area contributed by atoms with Crippen LogP contribution in [0.3, 0.4) is 0 Å². The van der Waals surface area contributed by atoms with Gasteiger partial charge in [-0.2, -0.15) is 0 Å². The van der Waals surface area contributed by atoms with Gasteiger partial charge in [-0.25, -0.2) is 4.90 Å². The van der Waals surface area contributed by atoms with E-state index in [2.05, 4.69) is 55.6 Å². The summed E-state index contributed by atoms with van der Waals surface area (Å²) in [5, 5.41) is 17.2. The first-order valence-electron chi connectivity index (χ1n) is 11.7. The Kier molecular flexibility index (Phi) is 5.27. The van der Waals surface area contributed by atoms with Gasteiger partial charge in [-0.15, -0.1) is 11.3 Å². The van der Waals surface area contributed by atoms with E-state index >= 15 is 0 Å². The Hall–Kier alpha value is -3.33. The monoisotopic (exact) mass is 560 g/mol. The van der Waals surface area contributed by atoms with E-state index in [1.54, 1.807) is 17.4 Å². The Morgan fingerprint density at radius 2 is 1.81 bits per heavy atom. The molecule has 36 heavy (non-hydrogen) atoms. The van der Waals surface area contributed by atoms with Crippen molar-refractivity contribution in [2.24, 2.45) is 5.16 Å². The summed E-state index contributed by atoms with van der Waals surface area (Å²) in [6.45, 7) is 0.801. The van der Waals surface area contributed by atoms with Crippen LogP contribution < -0.4 is 9.47 Å². The van der Waals surface area contributed by atoms with Gasteiger partial charge in [0.25, 0.3) is 0 Å². The molecule has 4 aromatic rings. The Labute approximate surface area is 220 Å². The minimum Gasteiger partial charge on any atom is -0.508 e. The van der Waals surface area contributed by atoms with Crippen LogP contribution in [0.4, 0.5) is 0 Å². The number of phenolic OH excluding ortho intramolecular Hbond substituents is 1. The van der Waals surface area contributed by atoms with Crippen LogP contribution in [0.5, 0.6) is 17.2 Å². The van der Waals surface area contributed by atoms with Gasteiger partial charge in [0.05, 0.1) is 17.7 Å². The van der Waals surface area contributed by atoms with Crippen LogP contribution in [-0.4, -0.2) is 28.7 Å². The summed E-state index contributed by atoms with van der Waals surface area (Å²) >= 11 is 5.44. The average Bonchev–Trinajstić information content (AvgIpc) is 3.66. The molecule has 4 heterocycles. The third-order valence-corrected chi connectivity index (χ3v) is 8.64. The Bertz CT molecular complexity index is 1470. The molecule has 3 atom stereocenters. The molecule has 0 saturated heterocycles. The van der Waals surface area contributed by atoms with E-state index in [-0.39, 0.29) is 30.7 Å². The molecule has 8 heteroatoms. The first kappa shape index (κ1) is 21.9. The number of halogens is 1. The summed E-state index contributed by atoms with van der Waals surface area (Å²) in [6, 6.07) is 23.9. The van der Waals surface area contributed by atoms with Gasteiger partial charge in [-0.1, -0.05) is 63.6 Å². The van der Waals surface area contributed by atoms with E-state index in [9.17, 15) is 5.11 Å². The number of benzene rings is 3. The summed E-state index contributed by atoms with van der Waals surface area (Å²) in [4.78, 5) is 9.75. The number of fused-ring (bicyclic) bond motifs is 4. The zero-order valence-corrected chi connectivity index (χ0v) is 21.4. The largest absolute Gasteiger partial charge is 0.508 e. The lowest BCUT2D eigenvalue weighted by Gasteiger charge is -2.43. The number of thiophene rings is 1. The van der Waals surface area contributed by atoms with Crippen LogP contribution in [0.25, 0.3) is 0 Å². The number of rotatable bonds is 4. The second-order valence-electron chi connectivity index (χ2n) is 9.02. The SMILES string of the molecule is Oc1ccc2c(c1)[C@@H](c1cccs1)N(Cc1cc3c(cc1Br)OCO3)[C@@H]1ON=C(c3ccccc3)[C@H]21. The Morgan fingerprint density at radius 1 is 0.972 bits per heavy atom. The molecule has 0 fully saturated rings. The lowest BCUT2D eigenvalue weighted by molar-refractivity contribution is -0.0728. The average molecular weight is 561 g/mol. The molecular weight excluding hydrogens is 540 g/mol. The summed E-state index contributed by atoms with van der Waals surface area (Å²) in [6.07, 6.45) is -0.318. The minimum absolute atomic E-state index is 0.105. The zero-order chi connectivity index (χ0) is 24.2. The predicted molar refractivity (Wildman–Crippen MR) is 141 cm³/mol. The summed E-state index contributed by atoms with van der Waals surface area (Å²) in [5.41, 5.74) is 5.16. The molecule has 0 spiro atoms. The molecule has 7 rings (SSSR count). The van der Waals surface area contributed by atoms with Crippen LogP contribution in [0, 0.1) is 0 Å². The fourth-order valence-corrected chi connectivity index (χ4v) is 6.70. The highest BCUT2D eigenvalue weighted by Gasteiger charge is 2.49. The standard InChI is InChI=1S/C28H21BrN2O4S/c29-21-13-23-22(33-15-34-23)11-17(21)14-31-27(24-7-4-10-36-24)20-12-18(32)8-9-19(20)25-26(30-35-28(25)31)16-5-2-1-3-6-16/h1-13,25,27-28,32H,14-15H2/t25-,27-,28+/m0/s1. The fourth-order valence-electron chi connectivity index (χ4n) is 5.39. The minimum atomic E-state index is -0.318. The quantitative estimate of drug-likeness (QED) is 0.313. The van der Waals surface area contributed by atoms with E-state index in [1.807, 2.05) is 42.5 Å². The summed E-state index contributed by atoms with van der Waals surface area (Å²) < 4.78 is 12.2. The summed E-state index contributed by atoms with van der Waals surface area (Å²) in [7, 11) is 0. The molecule has 3 aliphatic heterocycles. The number of ether oxygens (including phenoxy) is 2. The van der Waals surface area contributed by atoms with Crippen LogP contribution in [-0.2, 0) is 11.4 Å². The number of phenols is 1. The third kappa shape index (κ3) is 3.51. The van der Waals surface area contributed by atoms with E-state index in [0.717, 1.165) is 43.9 Å². The number of aromatic hydroxyl groups is 1. The van der Waals surface area contributed by atoms with Gasteiger partial charge in [-0.05, 0) is 52.4 Å². The molecule has 0 amide bonds. The number of hydrogen-bond acceptors (Lipinski definition) is 7. The Balaban J connectivity index is 1.39. The molecule has 3 aliphatic rings. The van der Waals surface area contributed by atoms with Crippen molar-refractivity contribution in [2.75, 3.05) is 6.79 Å². The van der Waals surface area contributed by atoms with Crippen molar-refractivity contribution in [3.05, 3.63) is 110 Å². The van der Waals surface area contributed by atoms with Crippen LogP contribution in [0.2, 0.25) is 0 Å². The molecule has 1 aromatic heterocycles. The predicted octanol–water partition coefficient (Wildman–Crippen LogP) is 6.39. The van der Waals surface area contributed by atoms with E-state index in [4.69, 9.17) is 14.3 Å². The number of nitrogens with zero attached hydrogens (tertiary/aromatic N) is 2. The van der Waals surface area contributed by atoms with Crippen LogP contribution in [0.15, 0.2) is 87.8 Å². The molecule has 0 bridgehead atoms. The highest BCUT2D eigenvalue weighted by atomic mass is 79.9. The van der Waals surface area contributed by atoms with E-state index in [1.165, 1.54) is 4.88 Å². The van der Waals surface area contributed by atoms with Crippen molar-refractivity contribution in [1.29, 1.82) is 0 Å². The molecule has 1 N–H and O–H groups in total. The highest BCUT2D eigenvalue weighted by molar-refractivity contribution is 9.10. The molecule has 6 nitrogen and oxygen atoms in total. The molecular formula is C28H21BrN2O4S. The maximum absolute atomic E-state index is 10.5. The molecule has 0 aliphatic carbocycles. The zero-order valence-electron chi connectivity index (χ0n) is 19.0.